The largest absolute Gasteiger partial charge is 0.389 e. The zero-order valence-corrected chi connectivity index (χ0v) is 10.2. The van der Waals surface area contributed by atoms with E-state index in [-0.39, 0.29) is 5.69 Å². The number of nitrogens with zero attached hydrogens (tertiary/aromatic N) is 3. The van der Waals surface area contributed by atoms with Crippen LogP contribution in [0.2, 0.25) is 0 Å². The maximum absolute atomic E-state index is 11.0. The summed E-state index contributed by atoms with van der Waals surface area (Å²) in [6.45, 7) is 1.56. The molecule has 0 bridgehead atoms. The Morgan fingerprint density at radius 2 is 2.33 bits per heavy atom. The van der Waals surface area contributed by atoms with Gasteiger partial charge in [0.15, 0.2) is 5.16 Å². The summed E-state index contributed by atoms with van der Waals surface area (Å²) in [7, 11) is 0. The summed E-state index contributed by atoms with van der Waals surface area (Å²) in [5.41, 5.74) is 0.443. The van der Waals surface area contributed by atoms with Gasteiger partial charge in [0, 0.05) is 6.07 Å². The first kappa shape index (κ1) is 12.5. The van der Waals surface area contributed by atoms with Gasteiger partial charge < -0.3 is 5.11 Å². The zero-order valence-electron chi connectivity index (χ0n) is 9.40. The molecule has 1 heterocycles. The van der Waals surface area contributed by atoms with Crippen LogP contribution in [0.3, 0.4) is 0 Å². The summed E-state index contributed by atoms with van der Waals surface area (Å²) in [6, 6.07) is 4.60. The van der Waals surface area contributed by atoms with Crippen LogP contribution in [-0.4, -0.2) is 25.2 Å². The number of H-pyrrole nitrogens is 1. The number of aromatic nitrogens is 3. The number of nitrogens with one attached hydrogen (secondary N) is 1. The third-order valence-corrected chi connectivity index (χ3v) is 3.22. The lowest BCUT2D eigenvalue weighted by atomic mass is 10.1. The Morgan fingerprint density at radius 1 is 1.56 bits per heavy atom. The lowest BCUT2D eigenvalue weighted by Gasteiger charge is -2.06. The molecule has 0 fully saturated rings. The zero-order chi connectivity index (χ0) is 13.1. The van der Waals surface area contributed by atoms with Gasteiger partial charge in [-0.25, -0.2) is 4.98 Å². The lowest BCUT2D eigenvalue weighted by Crippen LogP contribution is -1.96. The molecule has 0 spiro atoms. The van der Waals surface area contributed by atoms with Gasteiger partial charge in [0.25, 0.3) is 5.69 Å². The van der Waals surface area contributed by atoms with E-state index < -0.39 is 11.0 Å². The number of aromatic amines is 1. The van der Waals surface area contributed by atoms with Crippen LogP contribution in [0.4, 0.5) is 5.69 Å². The van der Waals surface area contributed by atoms with Crippen molar-refractivity contribution < 1.29 is 10.0 Å². The van der Waals surface area contributed by atoms with Gasteiger partial charge in [0.2, 0.25) is 0 Å². The second-order valence-corrected chi connectivity index (χ2v) is 4.58. The molecule has 2 N–H and O–H groups in total. The van der Waals surface area contributed by atoms with Gasteiger partial charge in [0.1, 0.15) is 6.33 Å². The highest BCUT2D eigenvalue weighted by molar-refractivity contribution is 7.99. The minimum atomic E-state index is -0.743. The smallest absolute Gasteiger partial charge is 0.283 e. The van der Waals surface area contributed by atoms with Crippen molar-refractivity contribution in [3.63, 3.8) is 0 Å². The Labute approximate surface area is 106 Å². The third-order valence-electron chi connectivity index (χ3n) is 2.26. The molecule has 2 rings (SSSR count). The molecule has 0 saturated carbocycles. The predicted molar refractivity (Wildman–Crippen MR) is 64.2 cm³/mol. The van der Waals surface area contributed by atoms with Crippen LogP contribution < -0.4 is 0 Å². The molecule has 94 valence electrons. The minimum Gasteiger partial charge on any atom is -0.389 e. The molecule has 1 atom stereocenters. The van der Waals surface area contributed by atoms with E-state index in [0.717, 1.165) is 11.8 Å². The van der Waals surface area contributed by atoms with E-state index in [1.807, 2.05) is 0 Å². The summed E-state index contributed by atoms with van der Waals surface area (Å²) in [6.07, 6.45) is 0.589. The van der Waals surface area contributed by atoms with E-state index in [1.54, 1.807) is 19.1 Å². The summed E-state index contributed by atoms with van der Waals surface area (Å²) >= 11 is 1.12. The highest BCUT2D eigenvalue weighted by Gasteiger charge is 2.18. The van der Waals surface area contributed by atoms with Gasteiger partial charge in [-0.2, -0.15) is 5.10 Å². The van der Waals surface area contributed by atoms with Crippen LogP contribution in [0.1, 0.15) is 18.6 Å². The Hall–Kier alpha value is -1.93. The average molecular weight is 266 g/mol. The van der Waals surface area contributed by atoms with Gasteiger partial charge in [-0.15, -0.1) is 0 Å². The molecule has 0 aliphatic rings. The van der Waals surface area contributed by atoms with Crippen molar-refractivity contribution in [2.75, 3.05) is 0 Å². The van der Waals surface area contributed by atoms with Crippen LogP contribution >= 0.6 is 11.8 Å². The van der Waals surface area contributed by atoms with Crippen LogP contribution in [0, 0.1) is 10.1 Å². The first-order valence-electron chi connectivity index (χ1n) is 5.07. The summed E-state index contributed by atoms with van der Waals surface area (Å²) < 4.78 is 0. The molecular formula is C10H10N4O3S. The van der Waals surface area contributed by atoms with Gasteiger partial charge >= 0.3 is 0 Å². The highest BCUT2D eigenvalue weighted by Crippen LogP contribution is 2.34. The molecule has 0 unspecified atom stereocenters. The van der Waals surface area contributed by atoms with Crippen molar-refractivity contribution in [3.8, 4) is 0 Å². The Bertz CT molecular complexity index is 556. The maximum atomic E-state index is 11.0. The van der Waals surface area contributed by atoms with Gasteiger partial charge in [0.05, 0.1) is 15.9 Å². The van der Waals surface area contributed by atoms with Crippen molar-refractivity contribution in [2.45, 2.75) is 23.1 Å². The van der Waals surface area contributed by atoms with E-state index in [2.05, 4.69) is 15.2 Å². The Morgan fingerprint density at radius 3 is 2.89 bits per heavy atom. The average Bonchev–Trinajstić information content (AvgIpc) is 2.81. The fraction of sp³-hybridized carbons (Fsp3) is 0.200. The first-order valence-corrected chi connectivity index (χ1v) is 5.89. The van der Waals surface area contributed by atoms with E-state index in [1.165, 1.54) is 12.4 Å². The number of aliphatic hydroxyl groups excluding tert-OH is 1. The highest BCUT2D eigenvalue weighted by atomic mass is 32.2. The number of aliphatic hydroxyl groups is 1. The SMILES string of the molecule is C[C@H](O)c1ccc(Sc2ncn[nH]2)c([N+](=O)[O-])c1. The molecule has 2 aromatic rings. The topological polar surface area (TPSA) is 105 Å². The standard InChI is InChI=1S/C10H10N4O3S/c1-6(15)7-2-3-9(8(4-7)14(16)17)18-10-11-5-12-13-10/h2-6,15H,1H3,(H,11,12,13)/t6-/m0/s1. The van der Waals surface area contributed by atoms with Crippen molar-refractivity contribution in [1.29, 1.82) is 0 Å². The molecule has 1 aromatic carbocycles. The quantitative estimate of drug-likeness (QED) is 0.647. The number of benzene rings is 1. The lowest BCUT2D eigenvalue weighted by molar-refractivity contribution is -0.387. The van der Waals surface area contributed by atoms with Crippen LogP contribution in [0.15, 0.2) is 34.6 Å². The maximum Gasteiger partial charge on any atom is 0.283 e. The molecule has 0 aliphatic carbocycles. The summed E-state index contributed by atoms with van der Waals surface area (Å²) in [4.78, 5) is 14.8. The molecule has 18 heavy (non-hydrogen) atoms. The Kier molecular flexibility index (Phi) is 3.58. The molecule has 1 aromatic heterocycles. The fourth-order valence-electron chi connectivity index (χ4n) is 1.37. The van der Waals surface area contributed by atoms with Crippen molar-refractivity contribution >= 4 is 17.4 Å². The predicted octanol–water partition coefficient (Wildman–Crippen LogP) is 1.92. The van der Waals surface area contributed by atoms with Crippen LogP contribution in [0.5, 0.6) is 0 Å². The molecule has 7 nitrogen and oxygen atoms in total. The minimum absolute atomic E-state index is 0.0604. The normalized spacial score (nSPS) is 12.3. The Balaban J connectivity index is 2.37. The van der Waals surface area contributed by atoms with E-state index in [9.17, 15) is 15.2 Å². The van der Waals surface area contributed by atoms with E-state index in [4.69, 9.17) is 0 Å². The van der Waals surface area contributed by atoms with E-state index >= 15 is 0 Å². The van der Waals surface area contributed by atoms with Crippen molar-refractivity contribution in [3.05, 3.63) is 40.2 Å². The van der Waals surface area contributed by atoms with E-state index in [0.29, 0.717) is 15.6 Å². The molecule has 0 radical (unpaired) electrons. The fourth-order valence-corrected chi connectivity index (χ4v) is 2.15. The number of nitro benzene ring substituents is 1. The number of rotatable bonds is 4. The second kappa shape index (κ2) is 5.15. The third kappa shape index (κ3) is 2.66. The monoisotopic (exact) mass is 266 g/mol. The summed E-state index contributed by atoms with van der Waals surface area (Å²) in [5.74, 6) is 0. The molecule has 0 aliphatic heterocycles. The molecular weight excluding hydrogens is 256 g/mol. The van der Waals surface area contributed by atoms with Gasteiger partial charge in [-0.1, -0.05) is 6.07 Å². The molecule has 8 heteroatoms. The second-order valence-electron chi connectivity index (χ2n) is 3.55. The molecule has 0 amide bonds. The van der Waals surface area contributed by atoms with Crippen molar-refractivity contribution in [2.24, 2.45) is 0 Å². The van der Waals surface area contributed by atoms with Crippen LogP contribution in [0.25, 0.3) is 0 Å². The van der Waals surface area contributed by atoms with Gasteiger partial charge in [-0.3, -0.25) is 15.2 Å². The number of hydrogen-bond donors (Lipinski definition) is 2. The number of hydrogen-bond acceptors (Lipinski definition) is 6. The summed E-state index contributed by atoms with van der Waals surface area (Å²) in [5, 5.41) is 27.2. The van der Waals surface area contributed by atoms with Crippen molar-refractivity contribution in [1.82, 2.24) is 15.2 Å². The molecule has 0 saturated heterocycles. The van der Waals surface area contributed by atoms with Crippen LogP contribution in [-0.2, 0) is 0 Å². The number of nitro groups is 1. The van der Waals surface area contributed by atoms with Gasteiger partial charge in [-0.05, 0) is 30.3 Å². The first-order chi connectivity index (χ1) is 8.58.